The quantitative estimate of drug-likeness (QED) is 0.398. The molecule has 0 amide bonds. The van der Waals surface area contributed by atoms with Gasteiger partial charge >= 0.3 is 0 Å². The number of hydrogen-bond acceptors (Lipinski definition) is 1. The van der Waals surface area contributed by atoms with Crippen molar-refractivity contribution in [1.82, 2.24) is 4.90 Å². The van der Waals surface area contributed by atoms with Gasteiger partial charge < -0.3 is 11.8 Å². The Morgan fingerprint density at radius 2 is 1.45 bits per heavy atom. The summed E-state index contributed by atoms with van der Waals surface area (Å²) in [5, 5.41) is 0. The monoisotopic (exact) mass is 379 g/mol. The van der Waals surface area contributed by atoms with E-state index in [0.717, 1.165) is 12.2 Å². The molecule has 0 bridgehead atoms. The Bertz CT molecular complexity index is 281. The molecule has 0 atom stereocenters. The maximum atomic E-state index is 4.23. The Morgan fingerprint density at radius 3 is 1.77 bits per heavy atom. The standard InChI is InChI=1S/C13H19N.3C2H6.B.Y/c1-4-14-11(2)10-13(12(14)3)8-6-5-7-9-13;3*1-2;;/h10H,1-9H2;3*1-2H3;;/q-2;;;;;. The molecular formula is C19H37BNY-2. The van der Waals surface area contributed by atoms with Gasteiger partial charge in [-0.2, -0.15) is 6.08 Å². The Labute approximate surface area is 168 Å². The van der Waals surface area contributed by atoms with Crippen molar-refractivity contribution >= 4 is 8.41 Å². The summed E-state index contributed by atoms with van der Waals surface area (Å²) >= 11 is 0. The molecule has 1 nitrogen and oxygen atoms in total. The molecule has 0 N–H and O–H groups in total. The molecule has 2 aliphatic rings. The van der Waals surface area contributed by atoms with Gasteiger partial charge in [0.1, 0.15) is 0 Å². The maximum absolute atomic E-state index is 4.23. The van der Waals surface area contributed by atoms with Crippen molar-refractivity contribution in [1.29, 1.82) is 0 Å². The second-order valence-corrected chi connectivity index (χ2v) is 4.45. The summed E-state index contributed by atoms with van der Waals surface area (Å²) in [5.74, 6) is 0. The van der Waals surface area contributed by atoms with Crippen molar-refractivity contribution in [2.45, 2.75) is 73.6 Å². The van der Waals surface area contributed by atoms with Crippen LogP contribution in [0.4, 0.5) is 0 Å². The van der Waals surface area contributed by atoms with E-state index in [1.807, 2.05) is 41.5 Å². The molecule has 3 heteroatoms. The zero-order chi connectivity index (χ0) is 16.2. The van der Waals surface area contributed by atoms with Crippen LogP contribution in [0.2, 0.25) is 0 Å². The third kappa shape index (κ3) is 7.73. The van der Waals surface area contributed by atoms with E-state index in [4.69, 9.17) is 0 Å². The fraction of sp³-hybridized carbons (Fsp3) is 0.684. The van der Waals surface area contributed by atoms with Crippen molar-refractivity contribution < 1.29 is 32.7 Å². The minimum absolute atomic E-state index is 0. The van der Waals surface area contributed by atoms with Crippen LogP contribution in [0, 0.1) is 19.3 Å². The van der Waals surface area contributed by atoms with Crippen molar-refractivity contribution in [3.05, 3.63) is 37.9 Å². The van der Waals surface area contributed by atoms with E-state index in [0.29, 0.717) is 0 Å². The largest absolute Gasteiger partial charge is 0.411 e. The van der Waals surface area contributed by atoms with Crippen LogP contribution in [0.3, 0.4) is 0 Å². The van der Waals surface area contributed by atoms with Crippen molar-refractivity contribution in [2.75, 3.05) is 6.54 Å². The van der Waals surface area contributed by atoms with Gasteiger partial charge in [-0.15, -0.1) is 12.2 Å². The third-order valence-electron chi connectivity index (χ3n) is 3.66. The molecule has 1 saturated carbocycles. The number of allylic oxidation sites excluding steroid dienone is 2. The first-order chi connectivity index (χ1) is 9.69. The van der Waals surface area contributed by atoms with E-state index in [2.05, 4.69) is 31.4 Å². The predicted molar refractivity (Wildman–Crippen MR) is 100.0 cm³/mol. The summed E-state index contributed by atoms with van der Waals surface area (Å²) < 4.78 is 0. The molecule has 1 fully saturated rings. The Balaban J connectivity index is -0.000000182. The van der Waals surface area contributed by atoms with Crippen molar-refractivity contribution in [3.8, 4) is 0 Å². The molecule has 1 aliphatic heterocycles. The molecule has 22 heavy (non-hydrogen) atoms. The van der Waals surface area contributed by atoms with Crippen LogP contribution >= 0.6 is 0 Å². The van der Waals surface area contributed by atoms with E-state index in [1.165, 1.54) is 37.8 Å². The fourth-order valence-electron chi connectivity index (χ4n) is 2.82. The number of rotatable bonds is 1. The molecule has 1 spiro atoms. The van der Waals surface area contributed by atoms with Gasteiger partial charge in [0.05, 0.1) is 0 Å². The smallest absolute Gasteiger partial charge is 0 e. The van der Waals surface area contributed by atoms with Gasteiger partial charge in [-0.3, -0.25) is 0 Å². The summed E-state index contributed by atoms with van der Waals surface area (Å²) in [4.78, 5) is 2.16. The number of hydrogen-bond donors (Lipinski definition) is 0. The van der Waals surface area contributed by atoms with Gasteiger partial charge in [-0.1, -0.05) is 80.2 Å². The molecule has 126 valence electrons. The van der Waals surface area contributed by atoms with Crippen LogP contribution in [0.1, 0.15) is 73.6 Å². The molecule has 0 unspecified atom stereocenters. The minimum Gasteiger partial charge on any atom is -0.411 e. The van der Waals surface area contributed by atoms with Crippen LogP contribution in [0.25, 0.3) is 0 Å². The molecule has 1 heterocycles. The molecule has 0 aromatic heterocycles. The first kappa shape index (κ1) is 30.2. The van der Waals surface area contributed by atoms with Gasteiger partial charge in [0.15, 0.2) is 0 Å². The molecule has 0 aromatic carbocycles. The Morgan fingerprint density at radius 1 is 1.05 bits per heavy atom. The second kappa shape index (κ2) is 17.7. The maximum Gasteiger partial charge on any atom is 0 e. The summed E-state index contributed by atoms with van der Waals surface area (Å²) in [6.07, 6.45) is 8.85. The van der Waals surface area contributed by atoms with Gasteiger partial charge in [-0.25, -0.2) is 6.92 Å². The van der Waals surface area contributed by atoms with Crippen LogP contribution in [-0.4, -0.2) is 19.9 Å². The summed E-state index contributed by atoms with van der Waals surface area (Å²) in [5.41, 5.74) is 2.58. The van der Waals surface area contributed by atoms with E-state index >= 15 is 0 Å². The van der Waals surface area contributed by atoms with Gasteiger partial charge in [-0.05, 0) is 11.1 Å². The number of nitrogens with zero attached hydrogens (tertiary/aromatic N) is 1. The first-order valence-corrected chi connectivity index (χ1v) is 8.51. The SMILES string of the molecule is C=C1N(C[CH2-])C([CH2-])=CC12CCCCC2.CC.CC.CC.[B].[Y]. The van der Waals surface area contributed by atoms with Gasteiger partial charge in [0.2, 0.25) is 0 Å². The van der Waals surface area contributed by atoms with Crippen LogP contribution in [0.5, 0.6) is 0 Å². The Kier molecular flexibility index (Phi) is 24.3. The van der Waals surface area contributed by atoms with E-state index < -0.39 is 0 Å². The van der Waals surface area contributed by atoms with E-state index in [9.17, 15) is 0 Å². The normalized spacial score (nSPS) is 17.1. The zero-order valence-corrected chi connectivity index (χ0v) is 18.9. The zero-order valence-electron chi connectivity index (χ0n) is 16.0. The summed E-state index contributed by atoms with van der Waals surface area (Å²) in [7, 11) is 0. The molecule has 1 aliphatic carbocycles. The summed E-state index contributed by atoms with van der Waals surface area (Å²) in [6, 6.07) is 0. The van der Waals surface area contributed by atoms with E-state index in [1.54, 1.807) is 0 Å². The summed E-state index contributed by atoms with van der Waals surface area (Å²) in [6.45, 7) is 25.0. The topological polar surface area (TPSA) is 3.24 Å². The van der Waals surface area contributed by atoms with Crippen LogP contribution in [-0.2, 0) is 32.7 Å². The molecule has 0 saturated heterocycles. The third-order valence-corrected chi connectivity index (χ3v) is 3.66. The van der Waals surface area contributed by atoms with Gasteiger partial charge in [0, 0.05) is 41.1 Å². The minimum atomic E-state index is 0. The average Bonchev–Trinajstić information content (AvgIpc) is 2.76. The molecule has 2 rings (SSSR count). The van der Waals surface area contributed by atoms with E-state index in [-0.39, 0.29) is 46.5 Å². The van der Waals surface area contributed by atoms with Crippen LogP contribution in [0.15, 0.2) is 24.0 Å². The Hall–Kier alpha value is 0.319. The first-order valence-electron chi connectivity index (χ1n) is 8.51. The molecule has 0 aromatic rings. The molecule has 4 radical (unpaired) electrons. The van der Waals surface area contributed by atoms with Gasteiger partial charge in [0.25, 0.3) is 0 Å². The second-order valence-electron chi connectivity index (χ2n) is 4.45. The average molecular weight is 379 g/mol. The molecular weight excluding hydrogens is 342 g/mol. The van der Waals surface area contributed by atoms with Crippen molar-refractivity contribution in [3.63, 3.8) is 0 Å². The van der Waals surface area contributed by atoms with Crippen LogP contribution < -0.4 is 0 Å². The predicted octanol–water partition coefficient (Wildman–Crippen LogP) is 6.01. The fourth-order valence-corrected chi connectivity index (χ4v) is 2.82. The van der Waals surface area contributed by atoms with Crippen molar-refractivity contribution in [2.24, 2.45) is 5.41 Å².